The Morgan fingerprint density at radius 3 is 2.28 bits per heavy atom. The fraction of sp³-hybridized carbons (Fsp3) is 0.588. The van der Waals surface area contributed by atoms with Crippen LogP contribution in [0.1, 0.15) is 57.9 Å². The number of hydrogen-bond donors (Lipinski definition) is 0. The molecule has 0 atom stereocenters. The Morgan fingerprint density at radius 2 is 1.78 bits per heavy atom. The van der Waals surface area contributed by atoms with Crippen molar-refractivity contribution in [1.82, 2.24) is 0 Å². The number of ketones is 1. The van der Waals surface area contributed by atoms with Gasteiger partial charge in [0, 0.05) is 6.42 Å². The molecule has 1 nitrogen and oxygen atoms in total. The van der Waals surface area contributed by atoms with Gasteiger partial charge in [0.15, 0.2) is 0 Å². The number of carbonyl (C=O) groups is 1. The second kappa shape index (κ2) is 5.69. The van der Waals surface area contributed by atoms with Gasteiger partial charge in [-0.25, -0.2) is 0 Å². The van der Waals surface area contributed by atoms with Gasteiger partial charge in [0.05, 0.1) is 5.41 Å². The van der Waals surface area contributed by atoms with Crippen molar-refractivity contribution in [3.05, 3.63) is 35.9 Å². The SMILES string of the molecule is CCC(CC)(C(=O)CCC1CC1)c1ccccc1. The summed E-state index contributed by atoms with van der Waals surface area (Å²) in [5.41, 5.74) is 0.965. The highest BCUT2D eigenvalue weighted by atomic mass is 16.1. The van der Waals surface area contributed by atoms with Crippen molar-refractivity contribution in [2.75, 3.05) is 0 Å². The molecule has 0 radical (unpaired) electrons. The summed E-state index contributed by atoms with van der Waals surface area (Å²) in [6, 6.07) is 10.3. The van der Waals surface area contributed by atoms with Crippen LogP contribution in [0.25, 0.3) is 0 Å². The van der Waals surface area contributed by atoms with Crippen molar-refractivity contribution in [2.24, 2.45) is 5.92 Å². The molecule has 18 heavy (non-hydrogen) atoms. The number of rotatable bonds is 7. The lowest BCUT2D eigenvalue weighted by Crippen LogP contribution is -2.34. The standard InChI is InChI=1S/C17H24O/c1-3-17(4-2,15-8-6-5-7-9-15)16(18)13-12-14-10-11-14/h5-9,14H,3-4,10-13H2,1-2H3. The predicted octanol–water partition coefficient (Wildman–Crippen LogP) is 4.50. The van der Waals surface area contributed by atoms with Crippen LogP contribution in [-0.2, 0) is 10.2 Å². The Hall–Kier alpha value is -1.11. The molecule has 0 heterocycles. The van der Waals surface area contributed by atoms with Crippen LogP contribution in [0.4, 0.5) is 0 Å². The van der Waals surface area contributed by atoms with Crippen molar-refractivity contribution in [3.8, 4) is 0 Å². The van der Waals surface area contributed by atoms with Gasteiger partial charge in [-0.15, -0.1) is 0 Å². The molecule has 1 fully saturated rings. The second-order valence-corrected chi connectivity index (χ2v) is 5.56. The Morgan fingerprint density at radius 1 is 1.17 bits per heavy atom. The molecule has 0 unspecified atom stereocenters. The Balaban J connectivity index is 2.16. The summed E-state index contributed by atoms with van der Waals surface area (Å²) in [6.07, 6.45) is 6.37. The van der Waals surface area contributed by atoms with Crippen LogP contribution < -0.4 is 0 Å². The quantitative estimate of drug-likeness (QED) is 0.690. The monoisotopic (exact) mass is 244 g/mol. The van der Waals surface area contributed by atoms with Crippen LogP contribution >= 0.6 is 0 Å². The topological polar surface area (TPSA) is 17.1 Å². The van der Waals surface area contributed by atoms with Gasteiger partial charge in [-0.05, 0) is 30.7 Å². The molecule has 2 rings (SSSR count). The number of Topliss-reactive ketones (excluding diaryl/α,β-unsaturated/α-hetero) is 1. The molecule has 1 aromatic carbocycles. The lowest BCUT2D eigenvalue weighted by molar-refractivity contribution is -0.125. The summed E-state index contributed by atoms with van der Waals surface area (Å²) in [7, 11) is 0. The highest BCUT2D eigenvalue weighted by molar-refractivity contribution is 5.90. The lowest BCUT2D eigenvalue weighted by Gasteiger charge is -2.31. The van der Waals surface area contributed by atoms with E-state index in [9.17, 15) is 4.79 Å². The zero-order valence-electron chi connectivity index (χ0n) is 11.6. The third-order valence-electron chi connectivity index (χ3n) is 4.54. The van der Waals surface area contributed by atoms with Crippen LogP contribution in [0.5, 0.6) is 0 Å². The van der Waals surface area contributed by atoms with E-state index in [1.165, 1.54) is 18.4 Å². The van der Waals surface area contributed by atoms with E-state index >= 15 is 0 Å². The summed E-state index contributed by atoms with van der Waals surface area (Å²) < 4.78 is 0. The first-order valence-electron chi connectivity index (χ1n) is 7.31. The molecule has 0 spiro atoms. The number of benzene rings is 1. The van der Waals surface area contributed by atoms with E-state index in [2.05, 4.69) is 26.0 Å². The van der Waals surface area contributed by atoms with Gasteiger partial charge >= 0.3 is 0 Å². The average molecular weight is 244 g/mol. The van der Waals surface area contributed by atoms with E-state index in [4.69, 9.17) is 0 Å². The van der Waals surface area contributed by atoms with Crippen LogP contribution in [0.2, 0.25) is 0 Å². The molecule has 0 amide bonds. The molecule has 1 saturated carbocycles. The summed E-state index contributed by atoms with van der Waals surface area (Å²) in [4.78, 5) is 12.7. The normalized spacial score (nSPS) is 15.7. The first kappa shape index (κ1) is 13.3. The minimum atomic E-state index is -0.240. The predicted molar refractivity (Wildman–Crippen MR) is 75.7 cm³/mol. The maximum atomic E-state index is 12.7. The van der Waals surface area contributed by atoms with E-state index in [1.807, 2.05) is 18.2 Å². The molecular weight excluding hydrogens is 220 g/mol. The Kier molecular flexibility index (Phi) is 4.21. The zero-order chi connectivity index (χ0) is 13.0. The van der Waals surface area contributed by atoms with Crippen molar-refractivity contribution in [2.45, 2.75) is 57.8 Å². The second-order valence-electron chi connectivity index (χ2n) is 5.56. The van der Waals surface area contributed by atoms with E-state index < -0.39 is 0 Å². The average Bonchev–Trinajstić information content (AvgIpc) is 3.24. The molecule has 0 saturated heterocycles. The van der Waals surface area contributed by atoms with Gasteiger partial charge in [0.2, 0.25) is 0 Å². The van der Waals surface area contributed by atoms with Crippen molar-refractivity contribution in [3.63, 3.8) is 0 Å². The van der Waals surface area contributed by atoms with Crippen molar-refractivity contribution >= 4 is 5.78 Å². The maximum Gasteiger partial charge on any atom is 0.143 e. The fourth-order valence-corrected chi connectivity index (χ4v) is 2.95. The molecule has 1 aliphatic rings. The number of carbonyl (C=O) groups excluding carboxylic acids is 1. The highest BCUT2D eigenvalue weighted by Crippen LogP contribution is 2.38. The molecule has 0 bridgehead atoms. The van der Waals surface area contributed by atoms with Gasteiger partial charge in [-0.3, -0.25) is 4.79 Å². The third-order valence-corrected chi connectivity index (χ3v) is 4.54. The molecule has 0 N–H and O–H groups in total. The van der Waals surface area contributed by atoms with Gasteiger partial charge < -0.3 is 0 Å². The first-order valence-corrected chi connectivity index (χ1v) is 7.31. The van der Waals surface area contributed by atoms with E-state index in [0.29, 0.717) is 5.78 Å². The summed E-state index contributed by atoms with van der Waals surface area (Å²) in [5.74, 6) is 1.29. The van der Waals surface area contributed by atoms with E-state index in [1.54, 1.807) is 0 Å². The van der Waals surface area contributed by atoms with Gasteiger partial charge in [0.1, 0.15) is 5.78 Å². The van der Waals surface area contributed by atoms with E-state index in [0.717, 1.165) is 31.6 Å². The Labute approximate surface area is 111 Å². The van der Waals surface area contributed by atoms with Crippen molar-refractivity contribution < 1.29 is 4.79 Å². The third kappa shape index (κ3) is 2.66. The van der Waals surface area contributed by atoms with Crippen LogP contribution in [0, 0.1) is 5.92 Å². The Bertz CT molecular complexity index is 385. The summed E-state index contributed by atoms with van der Waals surface area (Å²) in [5, 5.41) is 0. The van der Waals surface area contributed by atoms with Crippen LogP contribution in [0.3, 0.4) is 0 Å². The molecule has 98 valence electrons. The largest absolute Gasteiger partial charge is 0.299 e. The van der Waals surface area contributed by atoms with Crippen molar-refractivity contribution in [1.29, 1.82) is 0 Å². The summed E-state index contributed by atoms with van der Waals surface area (Å²) in [6.45, 7) is 4.29. The lowest BCUT2D eigenvalue weighted by atomic mass is 9.71. The number of hydrogen-bond acceptors (Lipinski definition) is 1. The minimum Gasteiger partial charge on any atom is -0.299 e. The zero-order valence-corrected chi connectivity index (χ0v) is 11.6. The summed E-state index contributed by atoms with van der Waals surface area (Å²) >= 11 is 0. The van der Waals surface area contributed by atoms with E-state index in [-0.39, 0.29) is 5.41 Å². The minimum absolute atomic E-state index is 0.240. The highest BCUT2D eigenvalue weighted by Gasteiger charge is 2.36. The van der Waals surface area contributed by atoms with Gasteiger partial charge in [-0.2, -0.15) is 0 Å². The van der Waals surface area contributed by atoms with Gasteiger partial charge in [-0.1, -0.05) is 57.0 Å². The molecule has 0 aliphatic heterocycles. The van der Waals surface area contributed by atoms with Crippen LogP contribution in [0.15, 0.2) is 30.3 Å². The van der Waals surface area contributed by atoms with Gasteiger partial charge in [0.25, 0.3) is 0 Å². The van der Waals surface area contributed by atoms with Crippen LogP contribution in [-0.4, -0.2) is 5.78 Å². The first-order chi connectivity index (χ1) is 8.73. The molecular formula is C17H24O. The fourth-order valence-electron chi connectivity index (χ4n) is 2.95. The molecule has 1 heteroatoms. The molecule has 1 aliphatic carbocycles. The molecule has 1 aromatic rings. The molecule has 0 aromatic heterocycles. The smallest absolute Gasteiger partial charge is 0.143 e. The maximum absolute atomic E-state index is 12.7.